The summed E-state index contributed by atoms with van der Waals surface area (Å²) in [6.07, 6.45) is 1.69. The average molecular weight is 395 g/mol. The lowest BCUT2D eigenvalue weighted by molar-refractivity contribution is -0.311. The van der Waals surface area contributed by atoms with Crippen molar-refractivity contribution in [3.63, 3.8) is 0 Å². The van der Waals surface area contributed by atoms with Crippen molar-refractivity contribution in [2.75, 3.05) is 5.32 Å². The Bertz CT molecular complexity index is 1010. The maximum absolute atomic E-state index is 13.5. The number of nitrogens with zero attached hydrogens (tertiary/aromatic N) is 2. The number of thiocarbonyl (C=S) groups is 1. The van der Waals surface area contributed by atoms with Crippen LogP contribution in [0.15, 0.2) is 60.9 Å². The zero-order chi connectivity index (χ0) is 19.7. The number of rotatable bonds is 3. The van der Waals surface area contributed by atoms with E-state index in [1.165, 1.54) is 18.5 Å². The summed E-state index contributed by atoms with van der Waals surface area (Å²) in [6.45, 7) is 0. The first-order chi connectivity index (χ1) is 13.5. The van der Waals surface area contributed by atoms with Gasteiger partial charge in [-0.15, -0.1) is 0 Å². The highest BCUT2D eigenvalue weighted by Gasteiger charge is 2.39. The maximum Gasteiger partial charge on any atom is 0.174 e. The summed E-state index contributed by atoms with van der Waals surface area (Å²) in [5.41, 5.74) is 2.76. The normalized spacial score (nSPS) is 18.4. The number of aliphatic carboxylic acids is 1. The molecule has 2 N–H and O–H groups in total. The van der Waals surface area contributed by atoms with Crippen LogP contribution in [0.4, 0.5) is 10.1 Å². The number of carbonyl (C=O) groups excluding carboxylic acids is 1. The lowest BCUT2D eigenvalue weighted by Gasteiger charge is -2.43. The van der Waals surface area contributed by atoms with Gasteiger partial charge in [0.2, 0.25) is 0 Å². The van der Waals surface area contributed by atoms with Crippen molar-refractivity contribution in [3.8, 4) is 0 Å². The minimum Gasteiger partial charge on any atom is -0.548 e. The fourth-order valence-electron chi connectivity index (χ4n) is 3.46. The molecule has 0 radical (unpaired) electrons. The third-order valence-corrected chi connectivity index (χ3v) is 5.05. The molecule has 0 aliphatic carbocycles. The molecule has 3 aromatic rings. The number of H-pyrrole nitrogens is 1. The van der Waals surface area contributed by atoms with Crippen LogP contribution in [-0.2, 0) is 11.2 Å². The molecular formula is C20H16FN4O2S-. The molecule has 6 nitrogen and oxygen atoms in total. The van der Waals surface area contributed by atoms with Gasteiger partial charge < -0.3 is 25.1 Å². The van der Waals surface area contributed by atoms with Gasteiger partial charge in [-0.25, -0.2) is 9.37 Å². The Morgan fingerprint density at radius 3 is 2.61 bits per heavy atom. The van der Waals surface area contributed by atoms with Crippen LogP contribution in [-0.4, -0.2) is 32.0 Å². The molecule has 2 atom stereocenters. The smallest absolute Gasteiger partial charge is 0.174 e. The molecule has 8 heteroatoms. The molecule has 2 heterocycles. The van der Waals surface area contributed by atoms with E-state index in [0.29, 0.717) is 17.0 Å². The predicted molar refractivity (Wildman–Crippen MR) is 104 cm³/mol. The van der Waals surface area contributed by atoms with Crippen molar-refractivity contribution in [1.82, 2.24) is 14.9 Å². The number of benzene rings is 2. The van der Waals surface area contributed by atoms with Gasteiger partial charge in [-0.05, 0) is 42.0 Å². The summed E-state index contributed by atoms with van der Waals surface area (Å²) in [5.74, 6) is -1.63. The van der Waals surface area contributed by atoms with Gasteiger partial charge in [0.15, 0.2) is 5.11 Å². The van der Waals surface area contributed by atoms with E-state index in [-0.39, 0.29) is 17.4 Å². The molecular weight excluding hydrogens is 379 g/mol. The molecule has 142 valence electrons. The first-order valence-electron chi connectivity index (χ1n) is 8.67. The van der Waals surface area contributed by atoms with E-state index in [1.807, 2.05) is 30.3 Å². The van der Waals surface area contributed by atoms with Crippen LogP contribution in [0.25, 0.3) is 0 Å². The van der Waals surface area contributed by atoms with E-state index in [2.05, 4.69) is 15.3 Å². The molecule has 0 amide bonds. The van der Waals surface area contributed by atoms with Gasteiger partial charge in [-0.1, -0.05) is 30.3 Å². The first-order valence-corrected chi connectivity index (χ1v) is 9.08. The highest BCUT2D eigenvalue weighted by molar-refractivity contribution is 7.80. The van der Waals surface area contributed by atoms with Crippen molar-refractivity contribution in [3.05, 3.63) is 83.7 Å². The number of carboxylic acids is 1. The summed E-state index contributed by atoms with van der Waals surface area (Å²) < 4.78 is 13.5. The number of imidazole rings is 1. The van der Waals surface area contributed by atoms with Crippen LogP contribution in [0.2, 0.25) is 0 Å². The van der Waals surface area contributed by atoms with Crippen LogP contribution in [0.3, 0.4) is 0 Å². The lowest BCUT2D eigenvalue weighted by atomic mass is 9.91. The Balaban J connectivity index is 1.79. The summed E-state index contributed by atoms with van der Waals surface area (Å²) in [6, 6.07) is 13.5. The van der Waals surface area contributed by atoms with Crippen molar-refractivity contribution in [2.24, 2.45) is 0 Å². The number of hydrogen-bond donors (Lipinski definition) is 2. The molecule has 0 fully saturated rings. The lowest BCUT2D eigenvalue weighted by Crippen LogP contribution is -2.56. The van der Waals surface area contributed by atoms with Gasteiger partial charge in [0.1, 0.15) is 11.9 Å². The molecule has 0 saturated heterocycles. The molecule has 2 aromatic carbocycles. The second-order valence-corrected chi connectivity index (χ2v) is 6.85. The quantitative estimate of drug-likeness (QED) is 0.660. The van der Waals surface area contributed by atoms with Crippen LogP contribution in [0.5, 0.6) is 0 Å². The number of aromatic nitrogens is 2. The average Bonchev–Trinajstić information content (AvgIpc) is 3.16. The number of para-hydroxylation sites is 1. The van der Waals surface area contributed by atoms with E-state index in [0.717, 1.165) is 5.69 Å². The van der Waals surface area contributed by atoms with E-state index in [4.69, 9.17) is 12.2 Å². The number of nitrogens with one attached hydrogen (secondary N) is 2. The Hall–Kier alpha value is -3.26. The number of halogens is 1. The van der Waals surface area contributed by atoms with E-state index >= 15 is 0 Å². The van der Waals surface area contributed by atoms with Gasteiger partial charge in [0, 0.05) is 17.8 Å². The molecule has 28 heavy (non-hydrogen) atoms. The Kier molecular flexibility index (Phi) is 4.79. The Morgan fingerprint density at radius 2 is 1.93 bits per heavy atom. The monoisotopic (exact) mass is 395 g/mol. The summed E-state index contributed by atoms with van der Waals surface area (Å²) in [4.78, 5) is 20.9. The van der Waals surface area contributed by atoms with Gasteiger partial charge in [0.25, 0.3) is 0 Å². The van der Waals surface area contributed by atoms with E-state index in [9.17, 15) is 14.3 Å². The van der Waals surface area contributed by atoms with Crippen molar-refractivity contribution in [2.45, 2.75) is 18.5 Å². The molecule has 1 aliphatic rings. The molecule has 1 aromatic heterocycles. The van der Waals surface area contributed by atoms with E-state index in [1.54, 1.807) is 17.0 Å². The summed E-state index contributed by atoms with van der Waals surface area (Å²) in [7, 11) is 0. The molecule has 0 spiro atoms. The minimum absolute atomic E-state index is 0.173. The van der Waals surface area contributed by atoms with Gasteiger partial charge in [0.05, 0.1) is 24.0 Å². The molecule has 0 unspecified atom stereocenters. The van der Waals surface area contributed by atoms with Gasteiger partial charge in [-0.2, -0.15) is 0 Å². The highest BCUT2D eigenvalue weighted by Crippen LogP contribution is 2.36. The van der Waals surface area contributed by atoms with Crippen LogP contribution < -0.4 is 10.4 Å². The third-order valence-electron chi connectivity index (χ3n) is 4.74. The number of aromatic amines is 1. The first kappa shape index (κ1) is 18.1. The Morgan fingerprint density at radius 1 is 1.21 bits per heavy atom. The summed E-state index contributed by atoms with van der Waals surface area (Å²) >= 11 is 5.57. The predicted octanol–water partition coefficient (Wildman–Crippen LogP) is 2.01. The van der Waals surface area contributed by atoms with Crippen molar-refractivity contribution in [1.29, 1.82) is 0 Å². The highest BCUT2D eigenvalue weighted by atomic mass is 32.1. The molecule has 4 rings (SSSR count). The van der Waals surface area contributed by atoms with Crippen LogP contribution in [0.1, 0.15) is 23.0 Å². The van der Waals surface area contributed by atoms with Gasteiger partial charge >= 0.3 is 0 Å². The SMILES string of the molecule is O=C([O-])[C@H]1Cc2[nH]cnc2[C@@H](c2ccc(F)cc2)N1C(=S)Nc1ccccc1. The minimum atomic E-state index is -1.25. The number of hydrogen-bond acceptors (Lipinski definition) is 4. The fraction of sp³-hybridized carbons (Fsp3) is 0.150. The summed E-state index contributed by atoms with van der Waals surface area (Å²) in [5, 5.41) is 15.3. The Labute approximate surface area is 166 Å². The van der Waals surface area contributed by atoms with Crippen molar-refractivity contribution >= 4 is 29.0 Å². The second-order valence-electron chi connectivity index (χ2n) is 6.46. The standard InChI is InChI=1S/C20H17FN4O2S/c21-13-8-6-12(7-9-13)18-17-15(22-11-23-17)10-16(19(26)27)25(18)20(28)24-14-4-2-1-3-5-14/h1-9,11,16,18H,10H2,(H,22,23)(H,24,28)(H,26,27)/p-1/t16-,18-/m1/s1. The molecule has 0 saturated carbocycles. The molecule has 1 aliphatic heterocycles. The second kappa shape index (κ2) is 7.40. The molecule has 0 bridgehead atoms. The fourth-order valence-corrected chi connectivity index (χ4v) is 3.81. The van der Waals surface area contributed by atoms with Crippen LogP contribution in [0, 0.1) is 5.82 Å². The zero-order valence-corrected chi connectivity index (χ0v) is 15.4. The zero-order valence-electron chi connectivity index (χ0n) is 14.6. The number of anilines is 1. The maximum atomic E-state index is 13.5. The largest absolute Gasteiger partial charge is 0.548 e. The number of fused-ring (bicyclic) bond motifs is 1. The van der Waals surface area contributed by atoms with Gasteiger partial charge in [-0.3, -0.25) is 0 Å². The van der Waals surface area contributed by atoms with Crippen molar-refractivity contribution < 1.29 is 14.3 Å². The number of carboxylic acid groups (broad SMARTS) is 1. The third kappa shape index (κ3) is 3.34. The number of carbonyl (C=O) groups is 1. The topological polar surface area (TPSA) is 84.1 Å². The van der Waals surface area contributed by atoms with E-state index < -0.39 is 18.1 Å². The van der Waals surface area contributed by atoms with Crippen LogP contribution >= 0.6 is 12.2 Å².